The molecule has 2 N–H and O–H groups in total. The lowest BCUT2D eigenvalue weighted by Crippen LogP contribution is -2.37. The number of nitrogens with zero attached hydrogens (tertiary/aromatic N) is 2. The highest BCUT2D eigenvalue weighted by atomic mass is 32.1. The number of aryl methyl sites for hydroxylation is 1. The molecule has 0 aliphatic carbocycles. The van der Waals surface area contributed by atoms with E-state index in [4.69, 9.17) is 9.47 Å². The SMILES string of the molecule is COC(=O)c1sc2ncnc(Nc3ccc(F)cc3O[C@H]3CCCNC3)c2c1C. The number of rotatable bonds is 5. The summed E-state index contributed by atoms with van der Waals surface area (Å²) in [6.45, 7) is 3.52. The normalized spacial score (nSPS) is 16.6. The molecule has 0 saturated carbocycles. The van der Waals surface area contributed by atoms with E-state index >= 15 is 0 Å². The lowest BCUT2D eigenvalue weighted by atomic mass is 10.1. The van der Waals surface area contributed by atoms with E-state index in [1.54, 1.807) is 6.07 Å². The number of anilines is 2. The first-order valence-corrected chi connectivity index (χ1v) is 10.1. The van der Waals surface area contributed by atoms with Gasteiger partial charge in [-0.25, -0.2) is 19.2 Å². The average molecular weight is 416 g/mol. The molecule has 1 atom stereocenters. The van der Waals surface area contributed by atoms with Crippen LogP contribution in [0.1, 0.15) is 28.1 Å². The fourth-order valence-electron chi connectivity index (χ4n) is 3.38. The first-order chi connectivity index (χ1) is 14.1. The second-order valence-electron chi connectivity index (χ2n) is 6.80. The number of hydrogen-bond acceptors (Lipinski definition) is 8. The van der Waals surface area contributed by atoms with Crippen LogP contribution >= 0.6 is 11.3 Å². The number of halogens is 1. The topological polar surface area (TPSA) is 85.4 Å². The van der Waals surface area contributed by atoms with E-state index in [1.165, 1.54) is 36.9 Å². The number of carbonyl (C=O) groups excluding carboxylic acids is 1. The van der Waals surface area contributed by atoms with Crippen LogP contribution in [0.15, 0.2) is 24.5 Å². The van der Waals surface area contributed by atoms with Gasteiger partial charge in [-0.1, -0.05) is 0 Å². The van der Waals surface area contributed by atoms with Crippen molar-refractivity contribution < 1.29 is 18.7 Å². The van der Waals surface area contributed by atoms with Crippen LogP contribution in [0.4, 0.5) is 15.9 Å². The van der Waals surface area contributed by atoms with Gasteiger partial charge in [0.05, 0.1) is 18.2 Å². The predicted molar refractivity (Wildman–Crippen MR) is 110 cm³/mol. The van der Waals surface area contributed by atoms with Crippen molar-refractivity contribution in [1.82, 2.24) is 15.3 Å². The van der Waals surface area contributed by atoms with Gasteiger partial charge in [0.2, 0.25) is 0 Å². The van der Waals surface area contributed by atoms with Gasteiger partial charge in [-0.3, -0.25) is 0 Å². The number of fused-ring (bicyclic) bond motifs is 1. The maximum Gasteiger partial charge on any atom is 0.348 e. The molecule has 0 unspecified atom stereocenters. The molecular weight excluding hydrogens is 395 g/mol. The predicted octanol–water partition coefficient (Wildman–Crippen LogP) is 3.80. The molecule has 4 rings (SSSR count). The molecule has 7 nitrogen and oxygen atoms in total. The molecule has 2 aromatic heterocycles. The average Bonchev–Trinajstić information content (AvgIpc) is 3.08. The summed E-state index contributed by atoms with van der Waals surface area (Å²) in [5.74, 6) is 0.164. The summed E-state index contributed by atoms with van der Waals surface area (Å²) in [6, 6.07) is 4.36. The standard InChI is InChI=1S/C20H21FN4O3S/c1-11-16-18(23-10-24-19(16)29-17(11)20(26)27-2)25-14-6-5-12(21)8-15(14)28-13-4-3-7-22-9-13/h5-6,8,10,13,22H,3-4,7,9H2,1-2H3,(H,23,24,25)/t13-/m0/s1. The highest BCUT2D eigenvalue weighted by Gasteiger charge is 2.21. The molecule has 1 aliphatic heterocycles. The second kappa shape index (κ2) is 8.30. The molecule has 1 saturated heterocycles. The minimum Gasteiger partial charge on any atom is -0.487 e. The van der Waals surface area contributed by atoms with Crippen molar-refractivity contribution in [2.24, 2.45) is 0 Å². The fourth-order valence-corrected chi connectivity index (χ4v) is 4.45. The third kappa shape index (κ3) is 4.01. The van der Waals surface area contributed by atoms with Crippen LogP contribution in [0.3, 0.4) is 0 Å². The molecule has 152 valence electrons. The zero-order chi connectivity index (χ0) is 20.4. The molecule has 0 spiro atoms. The third-order valence-corrected chi connectivity index (χ3v) is 6.02. The van der Waals surface area contributed by atoms with Gasteiger partial charge >= 0.3 is 5.97 Å². The molecular formula is C20H21FN4O3S. The molecule has 3 aromatic rings. The number of methoxy groups -OCH3 is 1. The van der Waals surface area contributed by atoms with Gasteiger partial charge in [-0.15, -0.1) is 11.3 Å². The van der Waals surface area contributed by atoms with Crippen LogP contribution in [0.5, 0.6) is 5.75 Å². The van der Waals surface area contributed by atoms with Crippen LogP contribution < -0.4 is 15.4 Å². The van der Waals surface area contributed by atoms with Gasteiger partial charge in [-0.2, -0.15) is 0 Å². The smallest absolute Gasteiger partial charge is 0.348 e. The van der Waals surface area contributed by atoms with Crippen LogP contribution in [0.25, 0.3) is 10.2 Å². The van der Waals surface area contributed by atoms with Gasteiger partial charge in [0.1, 0.15) is 39.5 Å². The molecule has 1 aromatic carbocycles. The van der Waals surface area contributed by atoms with E-state index in [0.717, 1.165) is 36.9 Å². The summed E-state index contributed by atoms with van der Waals surface area (Å²) >= 11 is 1.25. The molecule has 29 heavy (non-hydrogen) atoms. The van der Waals surface area contributed by atoms with Crippen molar-refractivity contribution in [3.63, 3.8) is 0 Å². The Bertz CT molecular complexity index is 1050. The Hall–Kier alpha value is -2.78. The van der Waals surface area contributed by atoms with Gasteiger partial charge in [0.25, 0.3) is 0 Å². The van der Waals surface area contributed by atoms with Gasteiger partial charge in [0, 0.05) is 12.6 Å². The minimum atomic E-state index is -0.410. The molecule has 0 bridgehead atoms. The van der Waals surface area contributed by atoms with Crippen LogP contribution in [-0.2, 0) is 4.74 Å². The Morgan fingerprint density at radius 2 is 2.24 bits per heavy atom. The zero-order valence-electron chi connectivity index (χ0n) is 16.1. The van der Waals surface area contributed by atoms with E-state index in [-0.39, 0.29) is 11.9 Å². The fraction of sp³-hybridized carbons (Fsp3) is 0.350. The largest absolute Gasteiger partial charge is 0.487 e. The highest BCUT2D eigenvalue weighted by Crippen LogP contribution is 2.37. The summed E-state index contributed by atoms with van der Waals surface area (Å²) in [7, 11) is 1.35. The Labute approximate surface area is 171 Å². The zero-order valence-corrected chi connectivity index (χ0v) is 16.9. The Balaban J connectivity index is 1.70. The molecule has 0 radical (unpaired) electrons. The van der Waals surface area contributed by atoms with Gasteiger partial charge < -0.3 is 20.1 Å². The van der Waals surface area contributed by atoms with Gasteiger partial charge in [0.15, 0.2) is 0 Å². The van der Waals surface area contributed by atoms with Crippen molar-refractivity contribution in [3.05, 3.63) is 40.8 Å². The summed E-state index contributed by atoms with van der Waals surface area (Å²) in [5, 5.41) is 7.25. The monoisotopic (exact) mass is 416 g/mol. The summed E-state index contributed by atoms with van der Waals surface area (Å²) < 4.78 is 24.8. The molecule has 3 heterocycles. The van der Waals surface area contributed by atoms with Crippen molar-refractivity contribution in [3.8, 4) is 5.75 Å². The third-order valence-electron chi connectivity index (χ3n) is 4.84. The molecule has 0 amide bonds. The summed E-state index contributed by atoms with van der Waals surface area (Å²) in [5.41, 5.74) is 1.34. The molecule has 1 fully saturated rings. The van der Waals surface area contributed by atoms with Crippen molar-refractivity contribution in [2.75, 3.05) is 25.5 Å². The number of hydrogen-bond donors (Lipinski definition) is 2. The van der Waals surface area contributed by atoms with Crippen molar-refractivity contribution >= 4 is 39.0 Å². The lowest BCUT2D eigenvalue weighted by molar-refractivity contribution is 0.0605. The number of ether oxygens (including phenoxy) is 2. The number of aromatic nitrogens is 2. The number of thiophene rings is 1. The number of esters is 1. The first kappa shape index (κ1) is 19.5. The Morgan fingerprint density at radius 3 is 3.00 bits per heavy atom. The Morgan fingerprint density at radius 1 is 1.38 bits per heavy atom. The van der Waals surface area contributed by atoms with Gasteiger partial charge in [-0.05, 0) is 44.0 Å². The van der Waals surface area contributed by atoms with Crippen molar-refractivity contribution in [2.45, 2.75) is 25.9 Å². The van der Waals surface area contributed by atoms with E-state index in [1.807, 2.05) is 6.92 Å². The van der Waals surface area contributed by atoms with E-state index in [0.29, 0.717) is 27.0 Å². The second-order valence-corrected chi connectivity index (χ2v) is 7.80. The number of carbonyl (C=O) groups is 1. The number of piperidine rings is 1. The van der Waals surface area contributed by atoms with Crippen LogP contribution in [0.2, 0.25) is 0 Å². The lowest BCUT2D eigenvalue weighted by Gasteiger charge is -2.25. The van der Waals surface area contributed by atoms with Crippen LogP contribution in [-0.4, -0.2) is 42.2 Å². The summed E-state index contributed by atoms with van der Waals surface area (Å²) in [4.78, 5) is 21.8. The maximum absolute atomic E-state index is 13.9. The minimum absolute atomic E-state index is 0.0228. The first-order valence-electron chi connectivity index (χ1n) is 9.33. The summed E-state index contributed by atoms with van der Waals surface area (Å²) in [6.07, 6.45) is 3.33. The quantitative estimate of drug-likeness (QED) is 0.612. The Kier molecular flexibility index (Phi) is 5.59. The van der Waals surface area contributed by atoms with E-state index < -0.39 is 5.97 Å². The van der Waals surface area contributed by atoms with Crippen LogP contribution in [0, 0.1) is 12.7 Å². The van der Waals surface area contributed by atoms with E-state index in [2.05, 4.69) is 20.6 Å². The molecule has 1 aliphatic rings. The molecule has 9 heteroatoms. The van der Waals surface area contributed by atoms with E-state index in [9.17, 15) is 9.18 Å². The number of benzene rings is 1. The number of nitrogens with one attached hydrogen (secondary N) is 2. The maximum atomic E-state index is 13.9. The highest BCUT2D eigenvalue weighted by molar-refractivity contribution is 7.20. The van der Waals surface area contributed by atoms with Crippen molar-refractivity contribution in [1.29, 1.82) is 0 Å².